The fourth-order valence-corrected chi connectivity index (χ4v) is 2.49. The molecule has 7 heteroatoms. The molecular formula is C16H19N3O4. The van der Waals surface area contributed by atoms with Crippen LogP contribution in [-0.4, -0.2) is 55.4 Å². The number of carbonyl (C=O) groups is 1. The second-order valence-electron chi connectivity index (χ2n) is 5.24. The molecule has 1 unspecified atom stereocenters. The normalized spacial score (nSPS) is 18.0. The van der Waals surface area contributed by atoms with Crippen LogP contribution >= 0.6 is 0 Å². The summed E-state index contributed by atoms with van der Waals surface area (Å²) < 4.78 is 15.9. The molecule has 1 fully saturated rings. The number of nitrogens with one attached hydrogen (secondary N) is 1. The maximum absolute atomic E-state index is 12.4. The van der Waals surface area contributed by atoms with Crippen LogP contribution in [0.4, 0.5) is 10.5 Å². The largest absolute Gasteiger partial charge is 0.445 e. The Morgan fingerprint density at radius 1 is 1.52 bits per heavy atom. The smallest absolute Gasteiger partial charge is 0.322 e. The Balaban J connectivity index is 1.65. The molecule has 2 amide bonds. The van der Waals surface area contributed by atoms with Crippen molar-refractivity contribution in [2.75, 3.05) is 38.7 Å². The van der Waals surface area contributed by atoms with Gasteiger partial charge in [0.25, 0.3) is 0 Å². The van der Waals surface area contributed by atoms with E-state index in [4.69, 9.17) is 13.9 Å². The van der Waals surface area contributed by atoms with Gasteiger partial charge in [-0.25, -0.2) is 9.78 Å². The van der Waals surface area contributed by atoms with Crippen LogP contribution in [0.5, 0.6) is 0 Å². The molecule has 1 aromatic carbocycles. The number of rotatable bonds is 4. The van der Waals surface area contributed by atoms with E-state index in [1.54, 1.807) is 18.2 Å². The molecular weight excluding hydrogens is 298 g/mol. The summed E-state index contributed by atoms with van der Waals surface area (Å²) in [7, 11) is 1.62. The van der Waals surface area contributed by atoms with E-state index >= 15 is 0 Å². The lowest BCUT2D eigenvalue weighted by Gasteiger charge is -2.32. The molecule has 1 aromatic heterocycles. The number of hydrogen-bond donors (Lipinski definition) is 1. The molecule has 1 N–H and O–H groups in total. The average Bonchev–Trinajstić information content (AvgIpc) is 3.10. The molecule has 122 valence electrons. The molecule has 0 spiro atoms. The Labute approximate surface area is 134 Å². The van der Waals surface area contributed by atoms with E-state index in [-0.39, 0.29) is 12.1 Å². The fraction of sp³-hybridized carbons (Fsp3) is 0.375. The standard InChI is InChI=1S/C16H19N3O4/c1-21-11-14-10-19(6-8-22-14)16(20)18-13-4-2-3-12(9-13)15-17-5-7-23-15/h2-5,7,9,14H,6,8,10-11H2,1H3,(H,18,20). The van der Waals surface area contributed by atoms with E-state index < -0.39 is 0 Å². The van der Waals surface area contributed by atoms with Gasteiger partial charge >= 0.3 is 6.03 Å². The van der Waals surface area contributed by atoms with E-state index in [9.17, 15) is 4.79 Å². The number of aromatic nitrogens is 1. The maximum atomic E-state index is 12.4. The number of ether oxygens (including phenoxy) is 2. The van der Waals surface area contributed by atoms with Gasteiger partial charge in [-0.15, -0.1) is 0 Å². The molecule has 0 radical (unpaired) electrons. The topological polar surface area (TPSA) is 76.8 Å². The Hall–Kier alpha value is -2.38. The zero-order chi connectivity index (χ0) is 16.1. The molecule has 1 saturated heterocycles. The Morgan fingerprint density at radius 3 is 3.22 bits per heavy atom. The predicted octanol–water partition coefficient (Wildman–Crippen LogP) is 2.22. The minimum Gasteiger partial charge on any atom is -0.445 e. The number of oxazole rings is 1. The van der Waals surface area contributed by atoms with Crippen LogP contribution in [0, 0.1) is 0 Å². The van der Waals surface area contributed by atoms with Crippen molar-refractivity contribution in [1.29, 1.82) is 0 Å². The number of hydrogen-bond acceptors (Lipinski definition) is 5. The van der Waals surface area contributed by atoms with Crippen molar-refractivity contribution in [3.8, 4) is 11.5 Å². The molecule has 1 aliphatic rings. The molecule has 0 aliphatic carbocycles. The highest BCUT2D eigenvalue weighted by Crippen LogP contribution is 2.21. The van der Waals surface area contributed by atoms with E-state index in [1.807, 2.05) is 24.3 Å². The Morgan fingerprint density at radius 2 is 2.43 bits per heavy atom. The molecule has 1 aliphatic heterocycles. The van der Waals surface area contributed by atoms with Crippen molar-refractivity contribution in [2.24, 2.45) is 0 Å². The van der Waals surface area contributed by atoms with Gasteiger partial charge in [0, 0.05) is 24.9 Å². The van der Waals surface area contributed by atoms with Crippen molar-refractivity contribution < 1.29 is 18.7 Å². The van der Waals surface area contributed by atoms with Crippen LogP contribution in [0.3, 0.4) is 0 Å². The zero-order valence-corrected chi connectivity index (χ0v) is 12.9. The number of anilines is 1. The van der Waals surface area contributed by atoms with Crippen molar-refractivity contribution in [3.63, 3.8) is 0 Å². The highest BCUT2D eigenvalue weighted by Gasteiger charge is 2.24. The fourth-order valence-electron chi connectivity index (χ4n) is 2.49. The van der Waals surface area contributed by atoms with Gasteiger partial charge in [0.1, 0.15) is 6.26 Å². The van der Waals surface area contributed by atoms with Gasteiger partial charge in [0.05, 0.1) is 32.1 Å². The maximum Gasteiger partial charge on any atom is 0.322 e. The molecule has 3 rings (SSSR count). The van der Waals surface area contributed by atoms with Gasteiger partial charge in [-0.1, -0.05) is 6.07 Å². The summed E-state index contributed by atoms with van der Waals surface area (Å²) in [5.41, 5.74) is 1.51. The van der Waals surface area contributed by atoms with Crippen LogP contribution in [0.25, 0.3) is 11.5 Å². The van der Waals surface area contributed by atoms with E-state index in [2.05, 4.69) is 10.3 Å². The SMILES string of the molecule is COCC1CN(C(=O)Nc2cccc(-c3ncco3)c2)CCO1. The summed E-state index contributed by atoms with van der Waals surface area (Å²) in [6, 6.07) is 7.24. The number of amides is 2. The molecule has 23 heavy (non-hydrogen) atoms. The Bertz CT molecular complexity index is 643. The number of methoxy groups -OCH3 is 1. The van der Waals surface area contributed by atoms with Gasteiger partial charge in [-0.3, -0.25) is 0 Å². The summed E-state index contributed by atoms with van der Waals surface area (Å²) in [6.07, 6.45) is 3.02. The van der Waals surface area contributed by atoms with Gasteiger partial charge < -0.3 is 24.1 Å². The van der Waals surface area contributed by atoms with E-state index in [0.717, 1.165) is 5.56 Å². The molecule has 0 bridgehead atoms. The second kappa shape index (κ2) is 7.26. The quantitative estimate of drug-likeness (QED) is 0.935. The first kappa shape index (κ1) is 15.5. The predicted molar refractivity (Wildman–Crippen MR) is 84.1 cm³/mol. The molecule has 2 aromatic rings. The van der Waals surface area contributed by atoms with Crippen molar-refractivity contribution >= 4 is 11.7 Å². The highest BCUT2D eigenvalue weighted by atomic mass is 16.5. The lowest BCUT2D eigenvalue weighted by Crippen LogP contribution is -2.48. The van der Waals surface area contributed by atoms with Crippen LogP contribution in [0.2, 0.25) is 0 Å². The second-order valence-corrected chi connectivity index (χ2v) is 5.24. The molecule has 2 heterocycles. The number of urea groups is 1. The first-order chi connectivity index (χ1) is 11.3. The lowest BCUT2D eigenvalue weighted by molar-refractivity contribution is -0.0481. The summed E-state index contributed by atoms with van der Waals surface area (Å²) in [6.45, 7) is 2.06. The van der Waals surface area contributed by atoms with E-state index in [0.29, 0.717) is 37.9 Å². The van der Waals surface area contributed by atoms with Gasteiger partial charge in [-0.2, -0.15) is 0 Å². The molecule has 0 saturated carbocycles. The summed E-state index contributed by atoms with van der Waals surface area (Å²) in [4.78, 5) is 18.2. The summed E-state index contributed by atoms with van der Waals surface area (Å²) in [5.74, 6) is 0.521. The van der Waals surface area contributed by atoms with Crippen molar-refractivity contribution in [2.45, 2.75) is 6.10 Å². The third-order valence-electron chi connectivity index (χ3n) is 3.57. The summed E-state index contributed by atoms with van der Waals surface area (Å²) in [5, 5.41) is 2.90. The third-order valence-corrected chi connectivity index (χ3v) is 3.57. The number of carbonyl (C=O) groups excluding carboxylic acids is 1. The molecule has 1 atom stereocenters. The van der Waals surface area contributed by atoms with Gasteiger partial charge in [0.15, 0.2) is 0 Å². The Kier molecular flexibility index (Phi) is 4.89. The average molecular weight is 317 g/mol. The molecule has 7 nitrogen and oxygen atoms in total. The van der Waals surface area contributed by atoms with Crippen molar-refractivity contribution in [1.82, 2.24) is 9.88 Å². The first-order valence-corrected chi connectivity index (χ1v) is 7.42. The van der Waals surface area contributed by atoms with Crippen LogP contribution in [0.15, 0.2) is 41.1 Å². The number of benzene rings is 1. The zero-order valence-electron chi connectivity index (χ0n) is 12.9. The number of morpholine rings is 1. The number of nitrogens with zero attached hydrogens (tertiary/aromatic N) is 2. The van der Waals surface area contributed by atoms with Gasteiger partial charge in [0.2, 0.25) is 5.89 Å². The van der Waals surface area contributed by atoms with Crippen molar-refractivity contribution in [3.05, 3.63) is 36.7 Å². The first-order valence-electron chi connectivity index (χ1n) is 7.42. The van der Waals surface area contributed by atoms with Crippen LogP contribution in [0.1, 0.15) is 0 Å². The van der Waals surface area contributed by atoms with Crippen LogP contribution < -0.4 is 5.32 Å². The highest BCUT2D eigenvalue weighted by molar-refractivity contribution is 5.90. The lowest BCUT2D eigenvalue weighted by atomic mass is 10.2. The monoisotopic (exact) mass is 317 g/mol. The minimum atomic E-state index is -0.154. The van der Waals surface area contributed by atoms with E-state index in [1.165, 1.54) is 6.26 Å². The minimum absolute atomic E-state index is 0.0850. The third kappa shape index (κ3) is 3.88. The van der Waals surface area contributed by atoms with Crippen LogP contribution in [-0.2, 0) is 9.47 Å². The van der Waals surface area contributed by atoms with Gasteiger partial charge in [-0.05, 0) is 18.2 Å². The summed E-state index contributed by atoms with van der Waals surface area (Å²) >= 11 is 0.